The zero-order valence-corrected chi connectivity index (χ0v) is 13.0. The maximum Gasteiger partial charge on any atom is 0.268 e. The predicted octanol–water partition coefficient (Wildman–Crippen LogP) is 2.01. The average Bonchev–Trinajstić information content (AvgIpc) is 3.04. The molecule has 3 heterocycles. The minimum absolute atomic E-state index is 0.0110. The Labute approximate surface area is 126 Å². The molecule has 2 aliphatic heterocycles. The first kappa shape index (κ1) is 14.4. The molecule has 0 saturated carbocycles. The largest absolute Gasteiger partial charge is 0.397 e. The minimum atomic E-state index is 0.0110. The van der Waals surface area contributed by atoms with Gasteiger partial charge in [0.05, 0.1) is 5.69 Å². The van der Waals surface area contributed by atoms with Gasteiger partial charge in [-0.15, -0.1) is 0 Å². The number of nitrogen functional groups attached to an aromatic ring is 1. The van der Waals surface area contributed by atoms with Gasteiger partial charge in [-0.05, 0) is 52.1 Å². The van der Waals surface area contributed by atoms with E-state index < -0.39 is 0 Å². The van der Waals surface area contributed by atoms with Gasteiger partial charge in [-0.3, -0.25) is 4.79 Å². The SMILES string of the molecule is CC(C)n1cc(N)cc1C(=O)NC1CCN2CCCC2C1. The molecule has 2 fully saturated rings. The van der Waals surface area contributed by atoms with Crippen LogP contribution in [-0.4, -0.2) is 40.5 Å². The number of nitrogens with one attached hydrogen (secondary N) is 1. The summed E-state index contributed by atoms with van der Waals surface area (Å²) in [4.78, 5) is 15.1. The fourth-order valence-corrected chi connectivity index (χ4v) is 3.72. The molecule has 21 heavy (non-hydrogen) atoms. The van der Waals surface area contributed by atoms with Gasteiger partial charge in [0.2, 0.25) is 0 Å². The molecule has 0 radical (unpaired) electrons. The number of anilines is 1. The summed E-state index contributed by atoms with van der Waals surface area (Å²) < 4.78 is 1.95. The number of piperidine rings is 1. The number of carbonyl (C=O) groups excluding carboxylic acids is 1. The monoisotopic (exact) mass is 290 g/mol. The second-order valence-electron chi connectivity index (χ2n) is 6.69. The van der Waals surface area contributed by atoms with E-state index in [1.165, 1.54) is 19.4 Å². The van der Waals surface area contributed by atoms with Gasteiger partial charge in [0.1, 0.15) is 5.69 Å². The zero-order chi connectivity index (χ0) is 15.0. The number of fused-ring (bicyclic) bond motifs is 1. The minimum Gasteiger partial charge on any atom is -0.397 e. The highest BCUT2D eigenvalue weighted by atomic mass is 16.2. The second-order valence-corrected chi connectivity index (χ2v) is 6.69. The van der Waals surface area contributed by atoms with E-state index in [0.29, 0.717) is 23.5 Å². The summed E-state index contributed by atoms with van der Waals surface area (Å²) in [5.74, 6) is 0.0110. The Morgan fingerprint density at radius 2 is 2.19 bits per heavy atom. The number of rotatable bonds is 3. The molecule has 0 aromatic carbocycles. The molecule has 0 aliphatic carbocycles. The molecule has 5 heteroatoms. The van der Waals surface area contributed by atoms with E-state index >= 15 is 0 Å². The highest BCUT2D eigenvalue weighted by Crippen LogP contribution is 2.27. The van der Waals surface area contributed by atoms with Crippen LogP contribution in [0, 0.1) is 0 Å². The summed E-state index contributed by atoms with van der Waals surface area (Å²) >= 11 is 0. The molecule has 116 valence electrons. The molecule has 1 aromatic rings. The van der Waals surface area contributed by atoms with Crippen LogP contribution < -0.4 is 11.1 Å². The standard InChI is InChI=1S/C16H26N4O/c1-11(2)20-10-12(17)8-15(20)16(21)18-13-5-7-19-6-3-4-14(19)9-13/h8,10-11,13-14H,3-7,9,17H2,1-2H3,(H,18,21). The van der Waals surface area contributed by atoms with Gasteiger partial charge in [0.25, 0.3) is 5.91 Å². The summed E-state index contributed by atoms with van der Waals surface area (Å²) in [6, 6.07) is 2.99. The Hall–Kier alpha value is -1.49. The number of amides is 1. The Kier molecular flexibility index (Phi) is 3.93. The van der Waals surface area contributed by atoms with Crippen molar-refractivity contribution in [3.63, 3.8) is 0 Å². The van der Waals surface area contributed by atoms with E-state index in [9.17, 15) is 4.79 Å². The lowest BCUT2D eigenvalue weighted by Crippen LogP contribution is -2.47. The summed E-state index contributed by atoms with van der Waals surface area (Å²) in [5, 5.41) is 3.21. The number of carbonyl (C=O) groups is 1. The fourth-order valence-electron chi connectivity index (χ4n) is 3.72. The van der Waals surface area contributed by atoms with Gasteiger partial charge in [-0.25, -0.2) is 0 Å². The van der Waals surface area contributed by atoms with Gasteiger partial charge in [-0.2, -0.15) is 0 Å². The smallest absolute Gasteiger partial charge is 0.268 e. The van der Waals surface area contributed by atoms with Crippen molar-refractivity contribution in [2.45, 2.75) is 57.7 Å². The molecule has 2 unspecified atom stereocenters. The molecular weight excluding hydrogens is 264 g/mol. The number of hydrogen-bond donors (Lipinski definition) is 2. The van der Waals surface area contributed by atoms with Crippen LogP contribution >= 0.6 is 0 Å². The van der Waals surface area contributed by atoms with Crippen LogP contribution in [0.15, 0.2) is 12.3 Å². The van der Waals surface area contributed by atoms with Crippen LogP contribution in [0.25, 0.3) is 0 Å². The lowest BCUT2D eigenvalue weighted by molar-refractivity contribution is 0.0885. The quantitative estimate of drug-likeness (QED) is 0.895. The van der Waals surface area contributed by atoms with Crippen molar-refractivity contribution < 1.29 is 4.79 Å². The number of aromatic nitrogens is 1. The zero-order valence-electron chi connectivity index (χ0n) is 13.0. The predicted molar refractivity (Wildman–Crippen MR) is 84.3 cm³/mol. The maximum atomic E-state index is 12.5. The van der Waals surface area contributed by atoms with Gasteiger partial charge >= 0.3 is 0 Å². The van der Waals surface area contributed by atoms with E-state index in [1.54, 1.807) is 6.07 Å². The third-order valence-electron chi connectivity index (χ3n) is 4.81. The van der Waals surface area contributed by atoms with Gasteiger partial charge in [0, 0.05) is 30.9 Å². The number of nitrogens with two attached hydrogens (primary N) is 1. The first-order valence-corrected chi connectivity index (χ1v) is 8.07. The first-order valence-electron chi connectivity index (χ1n) is 8.07. The molecule has 1 aromatic heterocycles. The molecule has 2 saturated heterocycles. The van der Waals surface area contributed by atoms with E-state index in [2.05, 4.69) is 24.1 Å². The maximum absolute atomic E-state index is 12.5. The summed E-state index contributed by atoms with van der Waals surface area (Å²) in [6.45, 7) is 6.47. The molecule has 3 N–H and O–H groups in total. The van der Waals surface area contributed by atoms with Crippen molar-refractivity contribution in [3.8, 4) is 0 Å². The van der Waals surface area contributed by atoms with Crippen molar-refractivity contribution in [1.82, 2.24) is 14.8 Å². The van der Waals surface area contributed by atoms with Crippen LogP contribution in [0.3, 0.4) is 0 Å². The van der Waals surface area contributed by atoms with Crippen LogP contribution in [0.2, 0.25) is 0 Å². The highest BCUT2D eigenvalue weighted by molar-refractivity contribution is 5.94. The highest BCUT2D eigenvalue weighted by Gasteiger charge is 2.32. The Bertz CT molecular complexity index is 522. The summed E-state index contributed by atoms with van der Waals surface area (Å²) in [5.41, 5.74) is 7.18. The fraction of sp³-hybridized carbons (Fsp3) is 0.688. The third kappa shape index (κ3) is 2.93. The van der Waals surface area contributed by atoms with Crippen molar-refractivity contribution in [2.24, 2.45) is 0 Å². The Balaban J connectivity index is 1.66. The average molecular weight is 290 g/mol. The molecule has 0 spiro atoms. The lowest BCUT2D eigenvalue weighted by Gasteiger charge is -2.35. The van der Waals surface area contributed by atoms with Gasteiger partial charge in [0.15, 0.2) is 0 Å². The Morgan fingerprint density at radius 3 is 2.95 bits per heavy atom. The van der Waals surface area contributed by atoms with Gasteiger partial charge < -0.3 is 20.5 Å². The van der Waals surface area contributed by atoms with Crippen LogP contribution in [0.4, 0.5) is 5.69 Å². The summed E-state index contributed by atoms with van der Waals surface area (Å²) in [7, 11) is 0. The number of hydrogen-bond acceptors (Lipinski definition) is 3. The van der Waals surface area contributed by atoms with Crippen LogP contribution in [0.5, 0.6) is 0 Å². The van der Waals surface area contributed by atoms with Crippen molar-refractivity contribution in [1.29, 1.82) is 0 Å². The molecule has 3 rings (SSSR count). The van der Waals surface area contributed by atoms with Crippen molar-refractivity contribution >= 4 is 11.6 Å². The van der Waals surface area contributed by atoms with Crippen LogP contribution in [0.1, 0.15) is 56.1 Å². The van der Waals surface area contributed by atoms with E-state index in [0.717, 1.165) is 19.4 Å². The van der Waals surface area contributed by atoms with Crippen molar-refractivity contribution in [2.75, 3.05) is 18.8 Å². The normalized spacial score (nSPS) is 26.0. The lowest BCUT2D eigenvalue weighted by atomic mass is 9.97. The molecule has 0 bridgehead atoms. The first-order chi connectivity index (χ1) is 10.0. The van der Waals surface area contributed by atoms with E-state index in [1.807, 2.05) is 10.8 Å². The van der Waals surface area contributed by atoms with Crippen molar-refractivity contribution in [3.05, 3.63) is 18.0 Å². The van der Waals surface area contributed by atoms with E-state index in [4.69, 9.17) is 5.73 Å². The van der Waals surface area contributed by atoms with Crippen LogP contribution in [-0.2, 0) is 0 Å². The molecule has 1 amide bonds. The summed E-state index contributed by atoms with van der Waals surface area (Å²) in [6.07, 6.45) is 6.57. The Morgan fingerprint density at radius 1 is 1.38 bits per heavy atom. The second kappa shape index (κ2) is 5.72. The molecular formula is C16H26N4O. The molecule has 2 atom stereocenters. The molecule has 2 aliphatic rings. The topological polar surface area (TPSA) is 63.3 Å². The third-order valence-corrected chi connectivity index (χ3v) is 4.81. The molecule has 5 nitrogen and oxygen atoms in total. The number of nitrogens with zero attached hydrogens (tertiary/aromatic N) is 2. The van der Waals surface area contributed by atoms with E-state index in [-0.39, 0.29) is 11.9 Å². The van der Waals surface area contributed by atoms with Gasteiger partial charge in [-0.1, -0.05) is 0 Å².